The summed E-state index contributed by atoms with van der Waals surface area (Å²) < 4.78 is 0. The number of hydrogen-bond acceptors (Lipinski definition) is 1. The first kappa shape index (κ1) is 12.4. The summed E-state index contributed by atoms with van der Waals surface area (Å²) in [6.45, 7) is 4.34. The first-order valence-electron chi connectivity index (χ1n) is 6.30. The molecule has 18 heavy (non-hydrogen) atoms. The van der Waals surface area contributed by atoms with E-state index in [9.17, 15) is 0 Å². The third-order valence-electron chi connectivity index (χ3n) is 3.03. The summed E-state index contributed by atoms with van der Waals surface area (Å²) >= 11 is 0. The van der Waals surface area contributed by atoms with Gasteiger partial charge < -0.3 is 5.32 Å². The van der Waals surface area contributed by atoms with Crippen molar-refractivity contribution in [3.8, 4) is 0 Å². The van der Waals surface area contributed by atoms with Gasteiger partial charge >= 0.3 is 0 Å². The van der Waals surface area contributed by atoms with Crippen molar-refractivity contribution in [3.05, 3.63) is 71.8 Å². The molecule has 0 heterocycles. The highest BCUT2D eigenvalue weighted by Gasteiger charge is 2.03. The monoisotopic (exact) mass is 237 g/mol. The molecular formula is C17H19N. The minimum atomic E-state index is 0.326. The zero-order valence-electron chi connectivity index (χ0n) is 10.9. The van der Waals surface area contributed by atoms with Gasteiger partial charge in [-0.2, -0.15) is 0 Å². The molecule has 0 spiro atoms. The molecule has 0 bridgehead atoms. The van der Waals surface area contributed by atoms with E-state index in [0.29, 0.717) is 6.04 Å². The molecule has 2 rings (SSSR count). The number of anilines is 1. The Hall–Kier alpha value is -2.02. The lowest BCUT2D eigenvalue weighted by Crippen LogP contribution is -2.16. The van der Waals surface area contributed by atoms with Crippen LogP contribution in [0.25, 0.3) is 6.08 Å². The molecule has 1 unspecified atom stereocenters. The topological polar surface area (TPSA) is 12.0 Å². The van der Waals surface area contributed by atoms with E-state index in [1.165, 1.54) is 11.1 Å². The second-order valence-corrected chi connectivity index (χ2v) is 4.53. The maximum Gasteiger partial charge on any atom is 0.0446 e. The molecule has 0 aromatic heterocycles. The second kappa shape index (κ2) is 6.06. The quantitative estimate of drug-likeness (QED) is 0.820. The summed E-state index contributed by atoms with van der Waals surface area (Å²) in [6.07, 6.45) is 2.22. The Labute approximate surface area is 109 Å². The maximum absolute atomic E-state index is 3.49. The van der Waals surface area contributed by atoms with Crippen molar-refractivity contribution in [1.82, 2.24) is 0 Å². The second-order valence-electron chi connectivity index (χ2n) is 4.53. The Morgan fingerprint density at radius 2 is 1.50 bits per heavy atom. The Morgan fingerprint density at radius 3 is 2.11 bits per heavy atom. The van der Waals surface area contributed by atoms with Crippen LogP contribution >= 0.6 is 0 Å². The summed E-state index contributed by atoms with van der Waals surface area (Å²) in [5, 5.41) is 3.49. The highest BCUT2D eigenvalue weighted by atomic mass is 14.9. The Bertz CT molecular complexity index is 500. The smallest absolute Gasteiger partial charge is 0.0446 e. The van der Waals surface area contributed by atoms with Crippen molar-refractivity contribution < 1.29 is 0 Å². The fourth-order valence-electron chi connectivity index (χ4n) is 1.84. The Kier molecular flexibility index (Phi) is 4.19. The molecule has 0 aliphatic rings. The molecule has 92 valence electrons. The zero-order chi connectivity index (χ0) is 12.8. The summed E-state index contributed by atoms with van der Waals surface area (Å²) in [4.78, 5) is 0. The van der Waals surface area contributed by atoms with E-state index in [4.69, 9.17) is 0 Å². The number of benzene rings is 2. The van der Waals surface area contributed by atoms with Crippen LogP contribution in [0.4, 0.5) is 5.69 Å². The van der Waals surface area contributed by atoms with Crippen molar-refractivity contribution in [3.63, 3.8) is 0 Å². The van der Waals surface area contributed by atoms with Gasteiger partial charge in [0.15, 0.2) is 0 Å². The number of para-hydroxylation sites is 1. The van der Waals surface area contributed by atoms with Crippen LogP contribution in [-0.2, 0) is 0 Å². The Balaban J connectivity index is 2.05. The third-order valence-corrected chi connectivity index (χ3v) is 3.03. The lowest BCUT2D eigenvalue weighted by atomic mass is 10.1. The predicted octanol–water partition coefficient (Wildman–Crippen LogP) is 4.59. The molecule has 1 N–H and O–H groups in total. The Morgan fingerprint density at radius 1 is 0.944 bits per heavy atom. The fraction of sp³-hybridized carbons (Fsp3) is 0.176. The zero-order valence-corrected chi connectivity index (χ0v) is 10.9. The van der Waals surface area contributed by atoms with Crippen LogP contribution in [0, 0.1) is 0 Å². The van der Waals surface area contributed by atoms with Crippen molar-refractivity contribution >= 4 is 11.8 Å². The minimum absolute atomic E-state index is 0.326. The van der Waals surface area contributed by atoms with Crippen molar-refractivity contribution in [1.29, 1.82) is 0 Å². The van der Waals surface area contributed by atoms with E-state index in [0.717, 1.165) is 5.69 Å². The average Bonchev–Trinajstić information content (AvgIpc) is 2.41. The molecule has 1 nitrogen and oxygen atoms in total. The lowest BCUT2D eigenvalue weighted by Gasteiger charge is -2.16. The van der Waals surface area contributed by atoms with Gasteiger partial charge in [-0.3, -0.25) is 0 Å². The first-order valence-corrected chi connectivity index (χ1v) is 6.30. The summed E-state index contributed by atoms with van der Waals surface area (Å²) in [5.74, 6) is 0. The van der Waals surface area contributed by atoms with E-state index < -0.39 is 0 Å². The SMILES string of the molecule is CC(=Cc1ccccc1)C(C)Nc1ccccc1. The average molecular weight is 237 g/mol. The molecule has 0 radical (unpaired) electrons. The molecule has 1 heteroatoms. The van der Waals surface area contributed by atoms with E-state index in [2.05, 4.69) is 61.6 Å². The number of nitrogens with one attached hydrogen (secondary N) is 1. The van der Waals surface area contributed by atoms with Gasteiger partial charge in [0.05, 0.1) is 0 Å². The summed E-state index contributed by atoms with van der Waals surface area (Å²) in [7, 11) is 0. The minimum Gasteiger partial charge on any atom is -0.379 e. The number of rotatable bonds is 4. The van der Waals surface area contributed by atoms with Crippen LogP contribution in [0.1, 0.15) is 19.4 Å². The molecule has 0 saturated carbocycles. The van der Waals surface area contributed by atoms with Crippen molar-refractivity contribution in [2.75, 3.05) is 5.32 Å². The highest BCUT2D eigenvalue weighted by Crippen LogP contribution is 2.14. The highest BCUT2D eigenvalue weighted by molar-refractivity contribution is 5.55. The van der Waals surface area contributed by atoms with Crippen molar-refractivity contribution in [2.45, 2.75) is 19.9 Å². The van der Waals surface area contributed by atoms with Gasteiger partial charge in [-0.15, -0.1) is 0 Å². The summed E-state index contributed by atoms with van der Waals surface area (Å²) in [6, 6.07) is 21.0. The molecule has 0 aliphatic heterocycles. The van der Waals surface area contributed by atoms with Crippen LogP contribution in [0.2, 0.25) is 0 Å². The molecule has 1 atom stereocenters. The molecule has 0 amide bonds. The standard InChI is InChI=1S/C17H19N/c1-14(13-16-9-5-3-6-10-16)15(2)18-17-11-7-4-8-12-17/h3-13,15,18H,1-2H3. The van der Waals surface area contributed by atoms with E-state index in [1.54, 1.807) is 0 Å². The van der Waals surface area contributed by atoms with Crippen LogP contribution in [-0.4, -0.2) is 6.04 Å². The largest absolute Gasteiger partial charge is 0.379 e. The predicted molar refractivity (Wildman–Crippen MR) is 79.6 cm³/mol. The van der Waals surface area contributed by atoms with Crippen molar-refractivity contribution in [2.24, 2.45) is 0 Å². The van der Waals surface area contributed by atoms with Gasteiger partial charge in [-0.1, -0.05) is 60.2 Å². The normalized spacial score (nSPS) is 13.1. The summed E-state index contributed by atoms with van der Waals surface area (Å²) in [5.41, 5.74) is 3.73. The fourth-order valence-corrected chi connectivity index (χ4v) is 1.84. The van der Waals surface area contributed by atoms with E-state index in [1.807, 2.05) is 24.3 Å². The molecular weight excluding hydrogens is 218 g/mol. The molecule has 0 aliphatic carbocycles. The van der Waals surface area contributed by atoms with E-state index >= 15 is 0 Å². The van der Waals surface area contributed by atoms with Gasteiger partial charge in [0, 0.05) is 11.7 Å². The molecule has 2 aromatic carbocycles. The van der Waals surface area contributed by atoms with Crippen LogP contribution in [0.5, 0.6) is 0 Å². The van der Waals surface area contributed by atoms with Gasteiger partial charge in [0.1, 0.15) is 0 Å². The van der Waals surface area contributed by atoms with Crippen LogP contribution < -0.4 is 5.32 Å². The maximum atomic E-state index is 3.49. The van der Waals surface area contributed by atoms with Gasteiger partial charge in [-0.05, 0) is 31.5 Å². The van der Waals surface area contributed by atoms with Gasteiger partial charge in [0.25, 0.3) is 0 Å². The molecule has 0 saturated heterocycles. The van der Waals surface area contributed by atoms with Gasteiger partial charge in [-0.25, -0.2) is 0 Å². The third kappa shape index (κ3) is 3.49. The van der Waals surface area contributed by atoms with Gasteiger partial charge in [0.2, 0.25) is 0 Å². The lowest BCUT2D eigenvalue weighted by molar-refractivity contribution is 0.932. The van der Waals surface area contributed by atoms with E-state index in [-0.39, 0.29) is 0 Å². The first-order chi connectivity index (χ1) is 8.75. The van der Waals surface area contributed by atoms with Crippen LogP contribution in [0.15, 0.2) is 66.2 Å². The number of hydrogen-bond donors (Lipinski definition) is 1. The molecule has 0 fully saturated rings. The van der Waals surface area contributed by atoms with Crippen LogP contribution in [0.3, 0.4) is 0 Å². The molecule has 2 aromatic rings.